The maximum Gasteiger partial charge on any atom is 2.00 e. The van der Waals surface area contributed by atoms with Gasteiger partial charge in [0.25, 0.3) is 0 Å². The van der Waals surface area contributed by atoms with Gasteiger partial charge in [-0.15, -0.1) is 24.8 Å². The SMILES string of the molecule is COc1cc([N-]C(C)CCC[N-]CCCCCC[C]2[CH][CH][CH][CH]2)c2ncccc2c1.[CH]1[CH][CH][CH][CH]1.[Fe+2]. The molecule has 2 saturated carbocycles. The van der Waals surface area contributed by atoms with Crippen LogP contribution in [0.1, 0.15) is 51.9 Å². The van der Waals surface area contributed by atoms with E-state index in [2.05, 4.69) is 43.7 Å². The molecule has 2 aromatic rings. The van der Waals surface area contributed by atoms with Gasteiger partial charge in [-0.25, -0.2) is 0 Å². The Morgan fingerprint density at radius 2 is 1.56 bits per heavy atom. The van der Waals surface area contributed by atoms with Gasteiger partial charge in [-0.3, -0.25) is 4.98 Å². The molecule has 0 aliphatic heterocycles. The first-order chi connectivity index (χ1) is 17.3. The van der Waals surface area contributed by atoms with Gasteiger partial charge in [-0.05, 0) is 88.3 Å². The van der Waals surface area contributed by atoms with Gasteiger partial charge in [0.15, 0.2) is 0 Å². The Bertz CT molecular complexity index is 813. The minimum Gasteiger partial charge on any atom is -0.680 e. The zero-order valence-corrected chi connectivity index (χ0v) is 22.7. The van der Waals surface area contributed by atoms with Crippen LogP contribution in [-0.2, 0) is 17.1 Å². The molecule has 2 aliphatic carbocycles. The second kappa shape index (κ2) is 18.9. The fourth-order valence-electron chi connectivity index (χ4n) is 4.08. The number of hydrogen-bond donors (Lipinski definition) is 0. The molecular weight excluding hydrogens is 486 g/mol. The minimum atomic E-state index is 0. The quantitative estimate of drug-likeness (QED) is 0.185. The van der Waals surface area contributed by atoms with Crippen molar-refractivity contribution in [1.82, 2.24) is 4.98 Å². The van der Waals surface area contributed by atoms with Crippen LogP contribution >= 0.6 is 0 Å². The van der Waals surface area contributed by atoms with Crippen molar-refractivity contribution in [3.8, 4) is 5.75 Å². The molecule has 2 aliphatic rings. The van der Waals surface area contributed by atoms with Crippen LogP contribution in [0.2, 0.25) is 0 Å². The zero-order chi connectivity index (χ0) is 24.6. The Hall–Kier alpha value is -1.29. The summed E-state index contributed by atoms with van der Waals surface area (Å²) < 4.78 is 5.42. The van der Waals surface area contributed by atoms with E-state index in [0.717, 1.165) is 48.3 Å². The summed E-state index contributed by atoms with van der Waals surface area (Å²) in [5, 5.41) is 10.7. The van der Waals surface area contributed by atoms with Gasteiger partial charge >= 0.3 is 17.1 Å². The molecule has 10 radical (unpaired) electrons. The Labute approximate surface area is 231 Å². The van der Waals surface area contributed by atoms with Crippen molar-refractivity contribution in [3.05, 3.63) is 105 Å². The normalized spacial score (nSPS) is 16.3. The summed E-state index contributed by atoms with van der Waals surface area (Å²) in [6.07, 6.45) is 28.9. The minimum absolute atomic E-state index is 0. The van der Waals surface area contributed by atoms with Gasteiger partial charge in [0.05, 0.1) is 12.6 Å². The maximum absolute atomic E-state index is 5.42. The molecule has 1 aromatic heterocycles. The Balaban J connectivity index is 0.000000678. The van der Waals surface area contributed by atoms with Gasteiger partial charge in [0.1, 0.15) is 5.75 Å². The number of methoxy groups -OCH3 is 1. The van der Waals surface area contributed by atoms with Crippen LogP contribution in [0.4, 0.5) is 5.69 Å². The monoisotopic (exact) mass is 525 g/mol. The molecule has 5 heteroatoms. The Morgan fingerprint density at radius 1 is 0.861 bits per heavy atom. The standard InChI is InChI=1S/C26H34N3O.C5H5.Fe/c1-21(29-25-20-24(30-2)19-23-15-10-18-28-26(23)25)11-9-17-27-16-8-4-3-5-12-22-13-6-7-14-22;1-2-4-5-3-1;/h6-7,10,13-15,18-21H,3-5,8-9,11-12,16-17H2,1-2H3;1-5H;/q-2;;+2. The van der Waals surface area contributed by atoms with E-state index in [-0.39, 0.29) is 23.1 Å². The summed E-state index contributed by atoms with van der Waals surface area (Å²) >= 11 is 0. The molecular formula is C31H39FeN3O. The Morgan fingerprint density at radius 3 is 2.28 bits per heavy atom. The van der Waals surface area contributed by atoms with Crippen molar-refractivity contribution in [2.75, 3.05) is 20.2 Å². The van der Waals surface area contributed by atoms with E-state index >= 15 is 0 Å². The average Bonchev–Trinajstić information content (AvgIpc) is 3.62. The molecule has 1 unspecified atom stereocenters. The van der Waals surface area contributed by atoms with Crippen molar-refractivity contribution in [1.29, 1.82) is 0 Å². The van der Waals surface area contributed by atoms with Crippen LogP contribution in [0.25, 0.3) is 21.5 Å². The third-order valence-corrected chi connectivity index (χ3v) is 6.01. The number of fused-ring (bicyclic) bond motifs is 1. The number of unbranched alkanes of at least 4 members (excludes halogenated alkanes) is 3. The Kier molecular flexibility index (Phi) is 16.2. The molecule has 0 bridgehead atoms. The predicted octanol–water partition coefficient (Wildman–Crippen LogP) is 8.17. The van der Waals surface area contributed by atoms with Crippen LogP contribution in [0.15, 0.2) is 30.5 Å². The van der Waals surface area contributed by atoms with E-state index in [0.29, 0.717) is 0 Å². The van der Waals surface area contributed by atoms with Gasteiger partial charge < -0.3 is 15.4 Å². The van der Waals surface area contributed by atoms with Crippen molar-refractivity contribution < 1.29 is 21.8 Å². The fraction of sp³-hybridized carbons (Fsp3) is 0.387. The largest absolute Gasteiger partial charge is 2.00 e. The average molecular weight is 526 g/mol. The topological polar surface area (TPSA) is 50.3 Å². The van der Waals surface area contributed by atoms with Crippen LogP contribution in [0.3, 0.4) is 0 Å². The van der Waals surface area contributed by atoms with Crippen LogP contribution in [0.5, 0.6) is 5.75 Å². The van der Waals surface area contributed by atoms with Crippen molar-refractivity contribution >= 4 is 16.6 Å². The number of benzene rings is 1. The molecule has 192 valence electrons. The molecule has 1 aromatic carbocycles. The third-order valence-electron chi connectivity index (χ3n) is 6.01. The van der Waals surface area contributed by atoms with Crippen molar-refractivity contribution in [2.45, 2.75) is 57.9 Å². The van der Waals surface area contributed by atoms with E-state index in [1.165, 1.54) is 38.0 Å². The molecule has 0 amide bonds. The first-order valence-corrected chi connectivity index (χ1v) is 12.9. The second-order valence-corrected chi connectivity index (χ2v) is 8.93. The van der Waals surface area contributed by atoms with E-state index in [1.54, 1.807) is 7.11 Å². The van der Waals surface area contributed by atoms with E-state index in [4.69, 9.17) is 15.4 Å². The summed E-state index contributed by atoms with van der Waals surface area (Å²) in [6.45, 7) is 4.10. The van der Waals surface area contributed by atoms with Crippen LogP contribution in [-0.4, -0.2) is 31.2 Å². The molecule has 4 rings (SSSR count). The molecule has 0 saturated heterocycles. The first kappa shape index (κ1) is 30.9. The number of rotatable bonds is 14. The summed E-state index contributed by atoms with van der Waals surface area (Å²) in [4.78, 5) is 4.51. The fourth-order valence-corrected chi connectivity index (χ4v) is 4.08. The van der Waals surface area contributed by atoms with Gasteiger partial charge in [-0.1, -0.05) is 51.5 Å². The van der Waals surface area contributed by atoms with Crippen LogP contribution < -0.4 is 4.74 Å². The molecule has 0 N–H and O–H groups in total. The molecule has 2 fully saturated rings. The molecule has 36 heavy (non-hydrogen) atoms. The molecule has 0 spiro atoms. The number of ether oxygens (including phenoxy) is 1. The first-order valence-electron chi connectivity index (χ1n) is 12.9. The number of nitrogens with zero attached hydrogens (tertiary/aromatic N) is 3. The number of hydrogen-bond acceptors (Lipinski definition) is 2. The van der Waals surface area contributed by atoms with E-state index in [1.807, 2.05) is 56.5 Å². The summed E-state index contributed by atoms with van der Waals surface area (Å²) in [5.41, 5.74) is 1.85. The van der Waals surface area contributed by atoms with E-state index < -0.39 is 0 Å². The van der Waals surface area contributed by atoms with Crippen molar-refractivity contribution in [2.24, 2.45) is 0 Å². The molecule has 4 nitrogen and oxygen atoms in total. The summed E-state index contributed by atoms with van der Waals surface area (Å²) in [6, 6.07) is 8.23. The van der Waals surface area contributed by atoms with E-state index in [9.17, 15) is 0 Å². The van der Waals surface area contributed by atoms with Gasteiger partial charge in [0, 0.05) is 11.6 Å². The zero-order valence-electron chi connectivity index (χ0n) is 21.6. The third kappa shape index (κ3) is 11.8. The van der Waals surface area contributed by atoms with Crippen LogP contribution in [0, 0.1) is 63.7 Å². The van der Waals surface area contributed by atoms with Crippen molar-refractivity contribution in [3.63, 3.8) is 0 Å². The second-order valence-electron chi connectivity index (χ2n) is 8.93. The molecule has 1 heterocycles. The summed E-state index contributed by atoms with van der Waals surface area (Å²) in [7, 11) is 1.69. The molecule has 1 atom stereocenters. The van der Waals surface area contributed by atoms with Gasteiger partial charge in [0.2, 0.25) is 0 Å². The number of pyridine rings is 1. The predicted molar refractivity (Wildman–Crippen MR) is 148 cm³/mol. The smallest absolute Gasteiger partial charge is 0.680 e. The summed E-state index contributed by atoms with van der Waals surface area (Å²) in [5.74, 6) is 2.29. The maximum atomic E-state index is 5.42. The van der Waals surface area contributed by atoms with Gasteiger partial charge in [-0.2, -0.15) is 0 Å². The number of aromatic nitrogens is 1.